The second-order valence-electron chi connectivity index (χ2n) is 4.24. The van der Waals surface area contributed by atoms with Crippen LogP contribution in [-0.2, 0) is 14.3 Å². The van der Waals surface area contributed by atoms with Crippen LogP contribution in [0.4, 0.5) is 0 Å². The molecule has 4 heteroatoms. The molecule has 2 atom stereocenters. The number of carbonyl (C=O) groups excluding carboxylic acids is 1. The fourth-order valence-corrected chi connectivity index (χ4v) is 2.23. The number of ether oxygens (including phenoxy) is 1. The molecule has 0 spiro atoms. The summed E-state index contributed by atoms with van der Waals surface area (Å²) in [6.07, 6.45) is 4.68. The van der Waals surface area contributed by atoms with E-state index in [-0.39, 0.29) is 5.92 Å². The molecule has 2 aliphatic carbocycles. The first-order valence-electron chi connectivity index (χ1n) is 5.16. The van der Waals surface area contributed by atoms with Crippen molar-refractivity contribution in [3.8, 4) is 0 Å². The van der Waals surface area contributed by atoms with Crippen molar-refractivity contribution in [2.75, 3.05) is 7.11 Å². The van der Waals surface area contributed by atoms with Crippen molar-refractivity contribution in [3.05, 3.63) is 11.6 Å². The van der Waals surface area contributed by atoms with Gasteiger partial charge in [-0.05, 0) is 31.1 Å². The third-order valence-electron chi connectivity index (χ3n) is 3.22. The molecule has 0 bridgehead atoms. The van der Waals surface area contributed by atoms with Crippen molar-refractivity contribution in [2.45, 2.75) is 19.3 Å². The van der Waals surface area contributed by atoms with E-state index in [2.05, 4.69) is 4.74 Å². The van der Waals surface area contributed by atoms with Gasteiger partial charge in [0.25, 0.3) is 0 Å². The van der Waals surface area contributed by atoms with E-state index in [0.717, 1.165) is 12.8 Å². The fraction of sp³-hybridized carbons (Fsp3) is 0.636. The Morgan fingerprint density at radius 3 is 2.60 bits per heavy atom. The molecule has 82 valence electrons. The van der Waals surface area contributed by atoms with Gasteiger partial charge in [-0.1, -0.05) is 6.08 Å². The van der Waals surface area contributed by atoms with Gasteiger partial charge in [0.15, 0.2) is 0 Å². The minimum Gasteiger partial charge on any atom is -0.481 e. The Bertz CT molecular complexity index is 327. The quantitative estimate of drug-likeness (QED) is 0.711. The predicted octanol–water partition coefficient (Wildman–Crippen LogP) is 1.22. The first kappa shape index (κ1) is 10.2. The lowest BCUT2D eigenvalue weighted by atomic mass is 9.97. The van der Waals surface area contributed by atoms with Crippen LogP contribution in [0.5, 0.6) is 0 Å². The zero-order chi connectivity index (χ0) is 11.0. The van der Waals surface area contributed by atoms with Gasteiger partial charge in [0.05, 0.1) is 13.0 Å². The maximum atomic E-state index is 11.4. The summed E-state index contributed by atoms with van der Waals surface area (Å²) in [7, 11) is 1.28. The van der Waals surface area contributed by atoms with Crippen LogP contribution in [0.3, 0.4) is 0 Å². The lowest BCUT2D eigenvalue weighted by Gasteiger charge is -2.08. The number of rotatable bonds is 3. The summed E-state index contributed by atoms with van der Waals surface area (Å²) in [5.74, 6) is -1.22. The number of carbonyl (C=O) groups is 2. The van der Waals surface area contributed by atoms with Crippen LogP contribution >= 0.6 is 0 Å². The molecule has 4 nitrogen and oxygen atoms in total. The van der Waals surface area contributed by atoms with Gasteiger partial charge in [-0.2, -0.15) is 0 Å². The lowest BCUT2D eigenvalue weighted by molar-refractivity contribution is -0.144. The van der Waals surface area contributed by atoms with E-state index in [9.17, 15) is 9.59 Å². The SMILES string of the molecule is COC(=O)C1=CC(C2CC2)CC1C(=O)O. The molecule has 1 N–H and O–H groups in total. The summed E-state index contributed by atoms with van der Waals surface area (Å²) in [4.78, 5) is 22.3. The van der Waals surface area contributed by atoms with Gasteiger partial charge in [-0.3, -0.25) is 4.79 Å². The Hall–Kier alpha value is -1.32. The smallest absolute Gasteiger partial charge is 0.334 e. The third kappa shape index (κ3) is 1.89. The molecule has 2 rings (SSSR count). The number of esters is 1. The van der Waals surface area contributed by atoms with Crippen molar-refractivity contribution in [2.24, 2.45) is 17.8 Å². The highest BCUT2D eigenvalue weighted by Gasteiger charge is 2.41. The van der Waals surface area contributed by atoms with Crippen LogP contribution in [0.1, 0.15) is 19.3 Å². The minimum absolute atomic E-state index is 0.264. The van der Waals surface area contributed by atoms with Crippen LogP contribution in [0, 0.1) is 17.8 Å². The van der Waals surface area contributed by atoms with Crippen LogP contribution in [0.25, 0.3) is 0 Å². The monoisotopic (exact) mass is 210 g/mol. The summed E-state index contributed by atoms with van der Waals surface area (Å²) in [5, 5.41) is 9.00. The molecule has 2 aliphatic rings. The number of aliphatic carboxylic acids is 1. The Morgan fingerprint density at radius 1 is 1.47 bits per heavy atom. The van der Waals surface area contributed by atoms with Gasteiger partial charge >= 0.3 is 11.9 Å². The molecule has 0 amide bonds. The summed E-state index contributed by atoms with van der Waals surface area (Å²) in [6.45, 7) is 0. The van der Waals surface area contributed by atoms with Crippen molar-refractivity contribution < 1.29 is 19.4 Å². The summed E-state index contributed by atoms with van der Waals surface area (Å²) >= 11 is 0. The molecule has 0 aromatic heterocycles. The Labute approximate surface area is 87.9 Å². The molecule has 0 heterocycles. The largest absolute Gasteiger partial charge is 0.481 e. The Kier molecular flexibility index (Phi) is 2.50. The predicted molar refractivity (Wildman–Crippen MR) is 52.1 cm³/mol. The van der Waals surface area contributed by atoms with Crippen LogP contribution in [0.15, 0.2) is 11.6 Å². The number of hydrogen-bond donors (Lipinski definition) is 1. The average Bonchev–Trinajstić information content (AvgIpc) is 2.96. The van der Waals surface area contributed by atoms with Crippen molar-refractivity contribution in [1.29, 1.82) is 0 Å². The zero-order valence-corrected chi connectivity index (χ0v) is 8.60. The topological polar surface area (TPSA) is 63.6 Å². The van der Waals surface area contributed by atoms with Gasteiger partial charge in [0, 0.05) is 5.57 Å². The van der Waals surface area contributed by atoms with Crippen molar-refractivity contribution in [3.63, 3.8) is 0 Å². The minimum atomic E-state index is -0.921. The fourth-order valence-electron chi connectivity index (χ4n) is 2.23. The maximum Gasteiger partial charge on any atom is 0.334 e. The Balaban J connectivity index is 2.16. The molecule has 1 fully saturated rings. The van der Waals surface area contributed by atoms with Crippen LogP contribution in [-0.4, -0.2) is 24.2 Å². The van der Waals surface area contributed by atoms with E-state index >= 15 is 0 Å². The number of carboxylic acid groups (broad SMARTS) is 1. The van der Waals surface area contributed by atoms with Gasteiger partial charge in [0.1, 0.15) is 0 Å². The zero-order valence-electron chi connectivity index (χ0n) is 8.60. The molecule has 0 radical (unpaired) electrons. The van der Waals surface area contributed by atoms with E-state index in [4.69, 9.17) is 5.11 Å². The molecule has 0 aromatic carbocycles. The highest BCUT2D eigenvalue weighted by Crippen LogP contribution is 2.46. The van der Waals surface area contributed by atoms with E-state index in [1.54, 1.807) is 0 Å². The number of allylic oxidation sites excluding steroid dienone is 1. The van der Waals surface area contributed by atoms with Crippen LogP contribution < -0.4 is 0 Å². The average molecular weight is 210 g/mol. The standard InChI is InChI=1S/C11H14O4/c1-15-11(14)9-5-7(6-2-3-6)4-8(9)10(12)13/h5-8H,2-4H2,1H3,(H,12,13). The summed E-state index contributed by atoms with van der Waals surface area (Å²) in [6, 6.07) is 0. The third-order valence-corrected chi connectivity index (χ3v) is 3.22. The molecule has 15 heavy (non-hydrogen) atoms. The molecular weight excluding hydrogens is 196 g/mol. The van der Waals surface area contributed by atoms with Gasteiger partial charge in [-0.25, -0.2) is 4.79 Å². The van der Waals surface area contributed by atoms with Gasteiger partial charge < -0.3 is 9.84 Å². The van der Waals surface area contributed by atoms with Crippen molar-refractivity contribution >= 4 is 11.9 Å². The van der Waals surface area contributed by atoms with E-state index in [1.165, 1.54) is 7.11 Å². The van der Waals surface area contributed by atoms with E-state index < -0.39 is 17.9 Å². The normalized spacial score (nSPS) is 29.8. The first-order chi connectivity index (χ1) is 7.13. The molecular formula is C11H14O4. The number of methoxy groups -OCH3 is 1. The van der Waals surface area contributed by atoms with E-state index in [0.29, 0.717) is 17.9 Å². The maximum absolute atomic E-state index is 11.4. The van der Waals surface area contributed by atoms with Gasteiger partial charge in [0.2, 0.25) is 0 Å². The molecule has 2 unspecified atom stereocenters. The molecule has 1 saturated carbocycles. The second kappa shape index (κ2) is 3.68. The first-order valence-corrected chi connectivity index (χ1v) is 5.16. The number of carboxylic acids is 1. The molecule has 0 saturated heterocycles. The van der Waals surface area contributed by atoms with E-state index in [1.807, 2.05) is 6.08 Å². The molecule has 0 aliphatic heterocycles. The lowest BCUT2D eigenvalue weighted by Crippen LogP contribution is -2.19. The van der Waals surface area contributed by atoms with Crippen LogP contribution in [0.2, 0.25) is 0 Å². The summed E-state index contributed by atoms with van der Waals surface area (Å²) < 4.78 is 4.59. The number of hydrogen-bond acceptors (Lipinski definition) is 3. The second-order valence-corrected chi connectivity index (χ2v) is 4.24. The van der Waals surface area contributed by atoms with Crippen molar-refractivity contribution in [1.82, 2.24) is 0 Å². The van der Waals surface area contributed by atoms with Gasteiger partial charge in [-0.15, -0.1) is 0 Å². The Morgan fingerprint density at radius 2 is 2.13 bits per heavy atom. The molecule has 0 aromatic rings. The summed E-state index contributed by atoms with van der Waals surface area (Å²) in [5.41, 5.74) is 0.335. The highest BCUT2D eigenvalue weighted by atomic mass is 16.5. The highest BCUT2D eigenvalue weighted by molar-refractivity contribution is 5.95.